The molecule has 1 saturated heterocycles. The summed E-state index contributed by atoms with van der Waals surface area (Å²) in [5.41, 5.74) is 7.77. The van der Waals surface area contributed by atoms with Crippen LogP contribution in [0.1, 0.15) is 29.0 Å². The molecule has 104 valence electrons. The standard InChI is InChI=1S/C12H18N4O3/c13-11(17)8-2-1-3-16(5-8)6-10-4-9(7-19-10)12(18)15-14/h4,7-8H,1-3,5-6,14H2,(H2,13,17)(H,15,18). The Hall–Kier alpha value is -1.86. The molecule has 1 atom stereocenters. The van der Waals surface area contributed by atoms with Gasteiger partial charge in [-0.25, -0.2) is 5.84 Å². The Labute approximate surface area is 110 Å². The highest BCUT2D eigenvalue weighted by molar-refractivity contribution is 5.93. The molecule has 19 heavy (non-hydrogen) atoms. The van der Waals surface area contributed by atoms with E-state index in [0.717, 1.165) is 19.4 Å². The number of carbonyl (C=O) groups excluding carboxylic acids is 2. The summed E-state index contributed by atoms with van der Waals surface area (Å²) in [6, 6.07) is 1.65. The minimum Gasteiger partial charge on any atom is -0.467 e. The Kier molecular flexibility index (Phi) is 4.18. The quantitative estimate of drug-likeness (QED) is 0.389. The Morgan fingerprint density at radius 1 is 1.53 bits per heavy atom. The van der Waals surface area contributed by atoms with Gasteiger partial charge in [-0.3, -0.25) is 19.9 Å². The van der Waals surface area contributed by atoms with E-state index in [1.165, 1.54) is 6.26 Å². The summed E-state index contributed by atoms with van der Waals surface area (Å²) in [7, 11) is 0. The van der Waals surface area contributed by atoms with Gasteiger partial charge in [0.05, 0.1) is 18.0 Å². The van der Waals surface area contributed by atoms with Crippen molar-refractivity contribution in [1.29, 1.82) is 0 Å². The van der Waals surface area contributed by atoms with Crippen LogP contribution in [0.25, 0.3) is 0 Å². The molecule has 2 heterocycles. The minimum absolute atomic E-state index is 0.101. The van der Waals surface area contributed by atoms with Crippen molar-refractivity contribution in [2.45, 2.75) is 19.4 Å². The van der Waals surface area contributed by atoms with Gasteiger partial charge in [0.25, 0.3) is 5.91 Å². The van der Waals surface area contributed by atoms with Crippen molar-refractivity contribution in [3.63, 3.8) is 0 Å². The number of nitrogen functional groups attached to an aromatic ring is 1. The van der Waals surface area contributed by atoms with Crippen molar-refractivity contribution in [2.24, 2.45) is 17.5 Å². The molecular weight excluding hydrogens is 248 g/mol. The van der Waals surface area contributed by atoms with Crippen LogP contribution in [-0.4, -0.2) is 29.8 Å². The Balaban J connectivity index is 1.95. The summed E-state index contributed by atoms with van der Waals surface area (Å²) in [5, 5.41) is 0. The molecule has 0 aromatic carbocycles. The third-order valence-electron chi connectivity index (χ3n) is 3.33. The lowest BCUT2D eigenvalue weighted by Crippen LogP contribution is -2.40. The van der Waals surface area contributed by atoms with E-state index >= 15 is 0 Å². The average Bonchev–Trinajstić information content (AvgIpc) is 2.86. The number of piperidine rings is 1. The van der Waals surface area contributed by atoms with Crippen molar-refractivity contribution < 1.29 is 14.0 Å². The number of rotatable bonds is 4. The second kappa shape index (κ2) is 5.85. The number of amides is 2. The zero-order valence-corrected chi connectivity index (χ0v) is 10.6. The lowest BCUT2D eigenvalue weighted by atomic mass is 9.97. The van der Waals surface area contributed by atoms with Crippen molar-refractivity contribution in [2.75, 3.05) is 13.1 Å². The Bertz CT molecular complexity index is 471. The SMILES string of the molecule is NNC(=O)c1coc(CN2CCCC(C(N)=O)C2)c1. The first-order chi connectivity index (χ1) is 9.10. The first-order valence-corrected chi connectivity index (χ1v) is 6.20. The first kappa shape index (κ1) is 13.6. The van der Waals surface area contributed by atoms with Crippen LogP contribution in [0, 0.1) is 5.92 Å². The van der Waals surface area contributed by atoms with Gasteiger partial charge in [0.2, 0.25) is 5.91 Å². The number of hydrazine groups is 1. The van der Waals surface area contributed by atoms with E-state index in [0.29, 0.717) is 24.4 Å². The summed E-state index contributed by atoms with van der Waals surface area (Å²) in [4.78, 5) is 24.6. The van der Waals surface area contributed by atoms with E-state index in [4.69, 9.17) is 16.0 Å². The van der Waals surface area contributed by atoms with Gasteiger partial charge >= 0.3 is 0 Å². The molecule has 1 fully saturated rings. The largest absolute Gasteiger partial charge is 0.467 e. The molecule has 1 unspecified atom stereocenters. The molecule has 0 aliphatic carbocycles. The topological polar surface area (TPSA) is 115 Å². The van der Waals surface area contributed by atoms with Crippen LogP contribution in [0.4, 0.5) is 0 Å². The number of nitrogens with zero attached hydrogens (tertiary/aromatic N) is 1. The fraction of sp³-hybridized carbons (Fsp3) is 0.500. The van der Waals surface area contributed by atoms with E-state index in [-0.39, 0.29) is 17.7 Å². The molecule has 1 aromatic heterocycles. The first-order valence-electron chi connectivity index (χ1n) is 6.20. The number of primary amides is 1. The predicted molar refractivity (Wildman–Crippen MR) is 67.6 cm³/mol. The van der Waals surface area contributed by atoms with Crippen molar-refractivity contribution in [1.82, 2.24) is 10.3 Å². The van der Waals surface area contributed by atoms with Gasteiger partial charge in [-0.15, -0.1) is 0 Å². The number of hydrogen-bond acceptors (Lipinski definition) is 5. The van der Waals surface area contributed by atoms with Crippen LogP contribution in [0.5, 0.6) is 0 Å². The number of carbonyl (C=O) groups is 2. The highest BCUT2D eigenvalue weighted by Crippen LogP contribution is 2.19. The van der Waals surface area contributed by atoms with Gasteiger partial charge in [-0.1, -0.05) is 0 Å². The Morgan fingerprint density at radius 2 is 2.32 bits per heavy atom. The molecule has 1 aliphatic heterocycles. The van der Waals surface area contributed by atoms with Gasteiger partial charge in [-0.2, -0.15) is 0 Å². The molecule has 2 amide bonds. The summed E-state index contributed by atoms with van der Waals surface area (Å²) in [6.07, 6.45) is 3.14. The molecular formula is C12H18N4O3. The number of nitrogens with two attached hydrogens (primary N) is 2. The number of likely N-dealkylation sites (tertiary alicyclic amines) is 1. The second-order valence-corrected chi connectivity index (χ2v) is 4.75. The van der Waals surface area contributed by atoms with E-state index < -0.39 is 0 Å². The van der Waals surface area contributed by atoms with Crippen LogP contribution in [0.3, 0.4) is 0 Å². The van der Waals surface area contributed by atoms with Gasteiger partial charge in [0.1, 0.15) is 12.0 Å². The molecule has 1 aliphatic rings. The van der Waals surface area contributed by atoms with Gasteiger partial charge < -0.3 is 10.2 Å². The highest BCUT2D eigenvalue weighted by atomic mass is 16.3. The van der Waals surface area contributed by atoms with Gasteiger partial charge in [0, 0.05) is 6.54 Å². The van der Waals surface area contributed by atoms with Crippen LogP contribution in [-0.2, 0) is 11.3 Å². The molecule has 5 N–H and O–H groups in total. The molecule has 0 spiro atoms. The van der Waals surface area contributed by atoms with Crippen molar-refractivity contribution in [3.8, 4) is 0 Å². The summed E-state index contributed by atoms with van der Waals surface area (Å²) in [6.45, 7) is 2.08. The maximum Gasteiger partial charge on any atom is 0.268 e. The summed E-state index contributed by atoms with van der Waals surface area (Å²) >= 11 is 0. The minimum atomic E-state index is -0.386. The highest BCUT2D eigenvalue weighted by Gasteiger charge is 2.24. The average molecular weight is 266 g/mol. The molecule has 7 heteroatoms. The zero-order valence-electron chi connectivity index (χ0n) is 10.6. The fourth-order valence-corrected chi connectivity index (χ4v) is 2.32. The van der Waals surface area contributed by atoms with E-state index in [1.54, 1.807) is 6.07 Å². The molecule has 2 rings (SSSR count). The maximum atomic E-state index is 11.3. The van der Waals surface area contributed by atoms with Crippen LogP contribution in [0.15, 0.2) is 16.7 Å². The smallest absolute Gasteiger partial charge is 0.268 e. The zero-order chi connectivity index (χ0) is 13.8. The van der Waals surface area contributed by atoms with E-state index in [2.05, 4.69) is 4.90 Å². The van der Waals surface area contributed by atoms with Gasteiger partial charge in [0.15, 0.2) is 0 Å². The van der Waals surface area contributed by atoms with Crippen LogP contribution < -0.4 is 17.0 Å². The van der Waals surface area contributed by atoms with Crippen LogP contribution in [0.2, 0.25) is 0 Å². The lowest BCUT2D eigenvalue weighted by Gasteiger charge is -2.30. The van der Waals surface area contributed by atoms with Crippen molar-refractivity contribution in [3.05, 3.63) is 23.7 Å². The third-order valence-corrected chi connectivity index (χ3v) is 3.33. The maximum absolute atomic E-state index is 11.3. The lowest BCUT2D eigenvalue weighted by molar-refractivity contribution is -0.123. The Morgan fingerprint density at radius 3 is 3.00 bits per heavy atom. The van der Waals surface area contributed by atoms with Gasteiger partial charge in [-0.05, 0) is 25.5 Å². The summed E-state index contributed by atoms with van der Waals surface area (Å²) in [5.74, 6) is 4.97. The van der Waals surface area contributed by atoms with Crippen molar-refractivity contribution >= 4 is 11.8 Å². The monoisotopic (exact) mass is 266 g/mol. The normalized spacial score (nSPS) is 20.2. The molecule has 0 radical (unpaired) electrons. The number of hydrogen-bond donors (Lipinski definition) is 3. The molecule has 1 aromatic rings. The number of nitrogens with one attached hydrogen (secondary N) is 1. The molecule has 7 nitrogen and oxygen atoms in total. The van der Waals surface area contributed by atoms with Crippen LogP contribution >= 0.6 is 0 Å². The third kappa shape index (κ3) is 3.33. The second-order valence-electron chi connectivity index (χ2n) is 4.75. The molecule has 0 saturated carbocycles. The fourth-order valence-electron chi connectivity index (χ4n) is 2.32. The summed E-state index contributed by atoms with van der Waals surface area (Å²) < 4.78 is 5.31. The molecule has 0 bridgehead atoms. The van der Waals surface area contributed by atoms with E-state index in [9.17, 15) is 9.59 Å². The van der Waals surface area contributed by atoms with E-state index in [1.807, 2.05) is 5.43 Å². The predicted octanol–water partition coefficient (Wildman–Crippen LogP) is -0.420. The number of furan rings is 1.